The van der Waals surface area contributed by atoms with Crippen LogP contribution in [0, 0.1) is 0 Å². The van der Waals surface area contributed by atoms with Crippen LogP contribution in [-0.4, -0.2) is 32.3 Å². The van der Waals surface area contributed by atoms with Crippen LogP contribution in [0.1, 0.15) is 20.8 Å². The van der Waals surface area contributed by atoms with Crippen LogP contribution in [0.4, 0.5) is 0 Å². The monoisotopic (exact) mass is 161 g/mol. The molecule has 0 aromatic rings. The number of nitrogens with zero attached hydrogens (tertiary/aromatic N) is 1. The molecule has 0 amide bonds. The Kier molecular flexibility index (Phi) is 4.06. The van der Waals surface area contributed by atoms with Gasteiger partial charge in [0.2, 0.25) is 0 Å². The summed E-state index contributed by atoms with van der Waals surface area (Å²) >= 11 is 5.04. The van der Waals surface area contributed by atoms with Gasteiger partial charge in [-0.25, -0.2) is 0 Å². The minimum atomic E-state index is 0.583. The summed E-state index contributed by atoms with van der Waals surface area (Å²) < 4.78 is 0. The van der Waals surface area contributed by atoms with Gasteiger partial charge in [-0.2, -0.15) is 0 Å². The molecule has 0 spiro atoms. The highest BCUT2D eigenvalue weighted by molar-refractivity contribution is 7.80. The van der Waals surface area contributed by atoms with Crippen LogP contribution < -0.4 is 0 Å². The van der Waals surface area contributed by atoms with Crippen LogP contribution in [0.5, 0.6) is 0 Å². The van der Waals surface area contributed by atoms with E-state index in [1.54, 1.807) is 0 Å². The second-order valence-electron chi connectivity index (χ2n) is 2.40. The molecule has 0 aliphatic carbocycles. The summed E-state index contributed by atoms with van der Waals surface area (Å²) in [6.45, 7) is 6.34. The van der Waals surface area contributed by atoms with E-state index >= 15 is 0 Å². The molecule has 0 rings (SSSR count). The summed E-state index contributed by atoms with van der Waals surface area (Å²) in [6.07, 6.45) is 1.16. The average Bonchev–Trinajstić information content (AvgIpc) is 1.64. The molecule has 0 saturated carbocycles. The van der Waals surface area contributed by atoms with Gasteiger partial charge >= 0.3 is 0 Å². The molecule has 0 aliphatic rings. The molecular weight excluding hydrogens is 146 g/mol. The van der Waals surface area contributed by atoms with Crippen molar-refractivity contribution < 1.29 is 0 Å². The maximum Gasteiger partial charge on any atom is 0.0746 e. The number of hydrogen-bond donors (Lipinski definition) is 0. The van der Waals surface area contributed by atoms with Crippen molar-refractivity contribution in [2.24, 2.45) is 0 Å². The molecule has 0 aliphatic heterocycles. The maximum absolute atomic E-state index is 5.04. The summed E-state index contributed by atoms with van der Waals surface area (Å²) in [5.74, 6) is 0. The topological polar surface area (TPSA) is 3.24 Å². The molecule has 0 atom stereocenters. The average molecular weight is 161 g/mol. The fraction of sp³-hybridized carbons (Fsp3) is 0.833. The fourth-order valence-electron chi connectivity index (χ4n) is 0.951. The summed E-state index contributed by atoms with van der Waals surface area (Å²) in [5, 5.41) is 0. The molecule has 0 N–H and O–H groups in total. The summed E-state index contributed by atoms with van der Waals surface area (Å²) in [6, 6.07) is 0.583. The minimum absolute atomic E-state index is 0.583. The van der Waals surface area contributed by atoms with Crippen molar-refractivity contribution in [1.29, 1.82) is 0 Å². The zero-order chi connectivity index (χ0) is 7.44. The molecule has 0 unspecified atom stereocenters. The molecule has 0 aromatic carbocycles. The molecule has 0 bridgehead atoms. The lowest BCUT2D eigenvalue weighted by atomic mass is 10.3. The Morgan fingerprint density at radius 1 is 1.67 bits per heavy atom. The largest absolute Gasteiger partial charge is 0.368 e. The maximum atomic E-state index is 5.04. The number of rotatable bonds is 2. The first-order valence-electron chi connectivity index (χ1n) is 3.36. The highest BCUT2D eigenvalue weighted by Crippen LogP contribution is 1.97. The Labute approximate surface area is 65.9 Å². The third kappa shape index (κ3) is 2.96. The lowest BCUT2D eigenvalue weighted by Crippen LogP contribution is -2.34. The van der Waals surface area contributed by atoms with Crippen LogP contribution in [0.3, 0.4) is 0 Å². The van der Waals surface area contributed by atoms with Crippen molar-refractivity contribution in [3.05, 3.63) is 0 Å². The Morgan fingerprint density at radius 2 is 2.11 bits per heavy atom. The molecule has 1 nitrogen and oxygen atoms in total. The SMILES string of the molecule is CC(=S)N(C[SiH3])C(C)C. The van der Waals surface area contributed by atoms with E-state index in [-0.39, 0.29) is 0 Å². The van der Waals surface area contributed by atoms with E-state index < -0.39 is 0 Å². The molecule has 0 fully saturated rings. The van der Waals surface area contributed by atoms with Crippen molar-refractivity contribution in [2.75, 3.05) is 6.17 Å². The molecule has 9 heavy (non-hydrogen) atoms. The van der Waals surface area contributed by atoms with Gasteiger partial charge in [0.05, 0.1) is 4.99 Å². The van der Waals surface area contributed by atoms with E-state index in [2.05, 4.69) is 18.7 Å². The van der Waals surface area contributed by atoms with E-state index in [0.29, 0.717) is 6.04 Å². The molecular formula is C6H15NSSi. The quantitative estimate of drug-likeness (QED) is 0.425. The smallest absolute Gasteiger partial charge is 0.0746 e. The lowest BCUT2D eigenvalue weighted by molar-refractivity contribution is 0.404. The van der Waals surface area contributed by atoms with Crippen LogP contribution >= 0.6 is 12.2 Å². The minimum Gasteiger partial charge on any atom is -0.368 e. The summed E-state index contributed by atoms with van der Waals surface area (Å²) in [4.78, 5) is 3.28. The van der Waals surface area contributed by atoms with Gasteiger partial charge in [-0.3, -0.25) is 0 Å². The van der Waals surface area contributed by atoms with Gasteiger partial charge in [0.1, 0.15) is 0 Å². The lowest BCUT2D eigenvalue weighted by Gasteiger charge is -2.25. The van der Waals surface area contributed by atoms with E-state index in [1.807, 2.05) is 6.92 Å². The normalized spacial score (nSPS) is 10.2. The van der Waals surface area contributed by atoms with Gasteiger partial charge in [0, 0.05) is 22.5 Å². The summed E-state index contributed by atoms with van der Waals surface area (Å²) in [5.41, 5.74) is 0. The first-order valence-corrected chi connectivity index (χ1v) is 5.19. The van der Waals surface area contributed by atoms with Gasteiger partial charge in [-0.15, -0.1) is 0 Å². The molecule has 3 heteroatoms. The standard InChI is InChI=1S/C6H15NSSi/c1-5(2)7(4-9)6(3)8/h5H,4H2,1-3,9H3. The predicted molar refractivity (Wildman–Crippen MR) is 50.1 cm³/mol. The van der Waals surface area contributed by atoms with Gasteiger partial charge in [-0.05, 0) is 20.8 Å². The van der Waals surface area contributed by atoms with Crippen LogP contribution in [0.2, 0.25) is 0 Å². The van der Waals surface area contributed by atoms with Gasteiger partial charge in [0.15, 0.2) is 0 Å². The predicted octanol–water partition coefficient (Wildman–Crippen LogP) is 0.367. The van der Waals surface area contributed by atoms with Crippen molar-refractivity contribution >= 4 is 27.4 Å². The van der Waals surface area contributed by atoms with E-state index in [0.717, 1.165) is 11.2 Å². The van der Waals surface area contributed by atoms with Crippen molar-refractivity contribution in [3.63, 3.8) is 0 Å². The Hall–Kier alpha value is 0.107. The second kappa shape index (κ2) is 4.01. The second-order valence-corrected chi connectivity index (χ2v) is 3.62. The highest BCUT2D eigenvalue weighted by Gasteiger charge is 2.04. The Morgan fingerprint density at radius 3 is 2.11 bits per heavy atom. The first-order chi connectivity index (χ1) is 4.09. The summed E-state index contributed by atoms with van der Waals surface area (Å²) in [7, 11) is 1.21. The zero-order valence-electron chi connectivity index (χ0n) is 6.64. The van der Waals surface area contributed by atoms with Crippen LogP contribution in [0.25, 0.3) is 0 Å². The molecule has 0 saturated heterocycles. The zero-order valence-corrected chi connectivity index (χ0v) is 9.46. The third-order valence-corrected chi connectivity index (χ3v) is 2.28. The van der Waals surface area contributed by atoms with E-state index in [4.69, 9.17) is 12.2 Å². The first kappa shape index (κ1) is 9.11. The highest BCUT2D eigenvalue weighted by atomic mass is 32.1. The third-order valence-electron chi connectivity index (χ3n) is 1.37. The number of thiocarbonyl (C=S) groups is 1. The Balaban J connectivity index is 3.83. The van der Waals surface area contributed by atoms with Crippen molar-refractivity contribution in [2.45, 2.75) is 26.8 Å². The molecule has 54 valence electrons. The molecule has 0 aromatic heterocycles. The fourth-order valence-corrected chi connectivity index (χ4v) is 2.73. The van der Waals surface area contributed by atoms with Gasteiger partial charge in [0.25, 0.3) is 0 Å². The molecule has 0 heterocycles. The van der Waals surface area contributed by atoms with Crippen molar-refractivity contribution in [1.82, 2.24) is 4.90 Å². The van der Waals surface area contributed by atoms with Crippen LogP contribution in [-0.2, 0) is 0 Å². The van der Waals surface area contributed by atoms with Gasteiger partial charge < -0.3 is 4.90 Å². The van der Waals surface area contributed by atoms with Gasteiger partial charge in [-0.1, -0.05) is 12.2 Å². The van der Waals surface area contributed by atoms with E-state index in [1.165, 1.54) is 10.2 Å². The van der Waals surface area contributed by atoms with E-state index in [9.17, 15) is 0 Å². The van der Waals surface area contributed by atoms with Crippen LogP contribution in [0.15, 0.2) is 0 Å². The molecule has 0 radical (unpaired) electrons. The van der Waals surface area contributed by atoms with Crippen molar-refractivity contribution in [3.8, 4) is 0 Å². The number of hydrogen-bond acceptors (Lipinski definition) is 1. The Bertz CT molecular complexity index is 103.